The monoisotopic (exact) mass is 450 g/mol. The number of benzene rings is 1. The van der Waals surface area contributed by atoms with Crippen LogP contribution < -0.4 is 15.4 Å². The maximum atomic E-state index is 11.1. The molecule has 2 rings (SSSR count). The van der Waals surface area contributed by atoms with Crippen molar-refractivity contribution >= 4 is 30.6 Å². The third-order valence-corrected chi connectivity index (χ3v) is 5.22. The highest BCUT2D eigenvalue weighted by molar-refractivity contribution is 7.80. The molecule has 0 aliphatic carbocycles. The number of nitrogens with one attached hydrogen (secondary N) is 2. The van der Waals surface area contributed by atoms with Gasteiger partial charge in [0.2, 0.25) is 6.29 Å². The van der Waals surface area contributed by atoms with E-state index in [1.807, 2.05) is 13.8 Å². The molecule has 164 valence electrons. The average Bonchev–Trinajstić information content (AvgIpc) is 2.61. The molecule has 1 aromatic carbocycles. The second-order valence-electron chi connectivity index (χ2n) is 7.09. The molecule has 5 atom stereocenters. The summed E-state index contributed by atoms with van der Waals surface area (Å²) in [4.78, 5) is 18.0. The van der Waals surface area contributed by atoms with Crippen LogP contribution in [0.15, 0.2) is 24.3 Å². The minimum atomic E-state index is -4.31. The zero-order valence-electron chi connectivity index (χ0n) is 16.0. The van der Waals surface area contributed by atoms with Crippen molar-refractivity contribution < 1.29 is 39.1 Å². The average molecular weight is 450 g/mol. The molecule has 0 spiro atoms. The number of ether oxygens (including phenoxy) is 2. The normalized spacial score (nSPS) is 27.5. The van der Waals surface area contributed by atoms with Gasteiger partial charge in [-0.3, -0.25) is 4.57 Å². The molecule has 1 aromatic rings. The Kier molecular flexibility index (Phi) is 8.38. The number of aliphatic hydroxyl groups is 3. The first-order valence-corrected chi connectivity index (χ1v) is 11.3. The first kappa shape index (κ1) is 24.0. The van der Waals surface area contributed by atoms with Crippen LogP contribution in [0.2, 0.25) is 0 Å². The number of hydrogen-bond donors (Lipinski definition) is 7. The third kappa shape index (κ3) is 7.47. The Morgan fingerprint density at radius 1 is 1.17 bits per heavy atom. The van der Waals surface area contributed by atoms with Gasteiger partial charge in [0.05, 0.1) is 12.3 Å². The molecule has 0 saturated carbocycles. The first-order valence-electron chi connectivity index (χ1n) is 9.05. The summed E-state index contributed by atoms with van der Waals surface area (Å²) >= 11 is 5.17. The molecule has 0 unspecified atom stereocenters. The Morgan fingerprint density at radius 3 is 2.34 bits per heavy atom. The van der Waals surface area contributed by atoms with E-state index in [1.54, 1.807) is 24.3 Å². The van der Waals surface area contributed by atoms with Crippen LogP contribution in [-0.4, -0.2) is 73.1 Å². The van der Waals surface area contributed by atoms with Gasteiger partial charge < -0.3 is 45.2 Å². The molecular weight excluding hydrogens is 423 g/mol. The molecule has 10 nitrogen and oxygen atoms in total. The number of anilines is 1. The summed E-state index contributed by atoms with van der Waals surface area (Å²) in [5, 5.41) is 36.7. The smallest absolute Gasteiger partial charge is 0.325 e. The van der Waals surface area contributed by atoms with Crippen LogP contribution >= 0.6 is 19.8 Å². The third-order valence-electron chi connectivity index (χ3n) is 4.16. The van der Waals surface area contributed by atoms with E-state index in [0.717, 1.165) is 0 Å². The molecule has 1 aliphatic rings. The zero-order chi connectivity index (χ0) is 21.8. The van der Waals surface area contributed by atoms with Crippen molar-refractivity contribution in [1.82, 2.24) is 5.32 Å². The van der Waals surface area contributed by atoms with Gasteiger partial charge in [0, 0.05) is 11.7 Å². The molecule has 1 aliphatic heterocycles. The summed E-state index contributed by atoms with van der Waals surface area (Å²) in [7, 11) is -4.31. The van der Waals surface area contributed by atoms with Gasteiger partial charge in [-0.15, -0.1) is 0 Å². The number of thiocarbonyl (C=S) groups is 1. The molecule has 12 heteroatoms. The van der Waals surface area contributed by atoms with Crippen LogP contribution in [0.25, 0.3) is 0 Å². The summed E-state index contributed by atoms with van der Waals surface area (Å²) in [5.41, 5.74) is 0.704. The van der Waals surface area contributed by atoms with Crippen LogP contribution in [0.1, 0.15) is 20.3 Å². The van der Waals surface area contributed by atoms with Gasteiger partial charge in [0.1, 0.15) is 24.1 Å². The van der Waals surface area contributed by atoms with Crippen LogP contribution in [0.5, 0.6) is 5.75 Å². The zero-order valence-corrected chi connectivity index (χ0v) is 17.7. The molecule has 7 N–H and O–H groups in total. The topological polar surface area (TPSA) is 161 Å². The number of rotatable bonds is 7. The summed E-state index contributed by atoms with van der Waals surface area (Å²) in [6.07, 6.45) is -7.80. The Hall–Kier alpha value is -1.30. The number of aliphatic hydroxyl groups excluding tert-OH is 3. The summed E-state index contributed by atoms with van der Waals surface area (Å²) < 4.78 is 22.1. The largest absolute Gasteiger partial charge is 0.462 e. The Bertz CT molecular complexity index is 729. The van der Waals surface area contributed by atoms with Crippen molar-refractivity contribution in [2.75, 3.05) is 11.5 Å². The van der Waals surface area contributed by atoms with Gasteiger partial charge in [-0.05, 0) is 56.8 Å². The van der Waals surface area contributed by atoms with Gasteiger partial charge in [-0.1, -0.05) is 0 Å². The van der Waals surface area contributed by atoms with E-state index in [9.17, 15) is 19.9 Å². The van der Waals surface area contributed by atoms with Crippen LogP contribution in [0.3, 0.4) is 0 Å². The molecular formula is C17H27N2O8PS. The molecule has 1 saturated heterocycles. The Labute approximate surface area is 174 Å². The molecule has 0 aromatic heterocycles. The lowest BCUT2D eigenvalue weighted by Crippen LogP contribution is -2.59. The maximum absolute atomic E-state index is 11.1. The summed E-state index contributed by atoms with van der Waals surface area (Å²) in [5.74, 6) is 0.319. The molecule has 1 heterocycles. The van der Waals surface area contributed by atoms with Crippen LogP contribution in [-0.2, 0) is 9.30 Å². The van der Waals surface area contributed by atoms with Gasteiger partial charge in [0.15, 0.2) is 5.11 Å². The standard InChI is InChI=1S/C17H27N2O8PS/c1-9(2)18-17(29)19-10-3-5-11(6-4-10)26-16-15(22)14(21)13(20)12(27-16)7-8-28(23,24)25/h3-6,9,12-16,20-22H,7-8H2,1-2H3,(H2,18,19,29)(H2,23,24,25)/t12-,13-,14+,15+,16+/m1/s1. The fourth-order valence-electron chi connectivity index (χ4n) is 2.73. The molecule has 29 heavy (non-hydrogen) atoms. The highest BCUT2D eigenvalue weighted by Crippen LogP contribution is 2.37. The molecule has 0 bridgehead atoms. The van der Waals surface area contributed by atoms with Crippen molar-refractivity contribution in [3.63, 3.8) is 0 Å². The lowest BCUT2D eigenvalue weighted by molar-refractivity contribution is -0.272. The fourth-order valence-corrected chi connectivity index (χ4v) is 3.67. The van der Waals surface area contributed by atoms with Gasteiger partial charge in [-0.25, -0.2) is 0 Å². The second-order valence-corrected chi connectivity index (χ2v) is 9.27. The molecule has 0 amide bonds. The predicted octanol–water partition coefficient (Wildman–Crippen LogP) is 0.136. The maximum Gasteiger partial charge on any atom is 0.325 e. The predicted molar refractivity (Wildman–Crippen MR) is 110 cm³/mol. The molecule has 1 fully saturated rings. The lowest BCUT2D eigenvalue weighted by Gasteiger charge is -2.40. The van der Waals surface area contributed by atoms with Crippen molar-refractivity contribution in [2.24, 2.45) is 0 Å². The van der Waals surface area contributed by atoms with Gasteiger partial charge >= 0.3 is 7.60 Å². The molecule has 0 radical (unpaired) electrons. The Balaban J connectivity index is 1.99. The number of hydrogen-bond acceptors (Lipinski definition) is 7. The second kappa shape index (κ2) is 10.1. The quantitative estimate of drug-likeness (QED) is 0.223. The van der Waals surface area contributed by atoms with Crippen LogP contribution in [0, 0.1) is 0 Å². The van der Waals surface area contributed by atoms with Crippen LogP contribution in [0.4, 0.5) is 5.69 Å². The van der Waals surface area contributed by atoms with E-state index in [-0.39, 0.29) is 12.5 Å². The van der Waals surface area contributed by atoms with E-state index >= 15 is 0 Å². The van der Waals surface area contributed by atoms with Crippen molar-refractivity contribution in [3.05, 3.63) is 24.3 Å². The minimum absolute atomic E-state index is 0.183. The van der Waals surface area contributed by atoms with Gasteiger partial charge in [0.25, 0.3) is 0 Å². The first-order chi connectivity index (χ1) is 13.5. The SMILES string of the molecule is CC(C)NC(=S)Nc1ccc(O[C@H]2O[C@H](CCP(=O)(O)O)[C@@H](O)[C@H](O)[C@@H]2O)cc1. The van der Waals surface area contributed by atoms with E-state index < -0.39 is 44.5 Å². The van der Waals surface area contributed by atoms with E-state index in [4.69, 9.17) is 31.5 Å². The van der Waals surface area contributed by atoms with E-state index in [2.05, 4.69) is 10.6 Å². The highest BCUT2D eigenvalue weighted by Gasteiger charge is 2.45. The summed E-state index contributed by atoms with van der Waals surface area (Å²) in [6.45, 7) is 3.91. The van der Waals surface area contributed by atoms with Crippen molar-refractivity contribution in [1.29, 1.82) is 0 Å². The van der Waals surface area contributed by atoms with E-state index in [0.29, 0.717) is 16.5 Å². The van der Waals surface area contributed by atoms with Crippen molar-refractivity contribution in [3.8, 4) is 5.75 Å². The van der Waals surface area contributed by atoms with Gasteiger partial charge in [-0.2, -0.15) is 0 Å². The van der Waals surface area contributed by atoms with Crippen molar-refractivity contribution in [2.45, 2.75) is 57.0 Å². The highest BCUT2D eigenvalue weighted by atomic mass is 32.1. The lowest BCUT2D eigenvalue weighted by atomic mass is 9.97. The Morgan fingerprint density at radius 2 is 1.79 bits per heavy atom. The fraction of sp³-hybridized carbons (Fsp3) is 0.588. The van der Waals surface area contributed by atoms with E-state index in [1.165, 1.54) is 0 Å². The minimum Gasteiger partial charge on any atom is -0.462 e. The summed E-state index contributed by atoms with van der Waals surface area (Å²) in [6, 6.07) is 6.75.